The fourth-order valence-electron chi connectivity index (χ4n) is 3.93. The molecule has 1 N–H and O–H groups in total. The van der Waals surface area contributed by atoms with Crippen LogP contribution in [-0.2, 0) is 5.41 Å². The van der Waals surface area contributed by atoms with Gasteiger partial charge in [0.25, 0.3) is 0 Å². The van der Waals surface area contributed by atoms with Crippen LogP contribution in [0.3, 0.4) is 0 Å². The second-order valence-corrected chi connectivity index (χ2v) is 7.05. The lowest BCUT2D eigenvalue weighted by Crippen LogP contribution is -2.38. The minimum atomic E-state index is -0.546. The molecule has 0 spiro atoms. The van der Waals surface area contributed by atoms with E-state index in [1.54, 1.807) is 0 Å². The number of hydrogen-bond donors (Lipinski definition) is 1. The molecule has 140 valence electrons. The molecular weight excluding hydrogens is 393 g/mol. The van der Waals surface area contributed by atoms with Gasteiger partial charge in [-0.2, -0.15) is 0 Å². The number of benzene rings is 1. The smallest absolute Gasteiger partial charge is 0.123 e. The summed E-state index contributed by atoms with van der Waals surface area (Å²) in [5, 5.41) is 10.6. The first kappa shape index (κ1) is 20.5. The van der Waals surface area contributed by atoms with E-state index in [4.69, 9.17) is 0 Å². The van der Waals surface area contributed by atoms with Crippen molar-refractivity contribution in [2.75, 3.05) is 6.54 Å². The highest BCUT2D eigenvalue weighted by atomic mass is 79.9. The molecule has 0 saturated heterocycles. The molecule has 0 saturated carbocycles. The highest BCUT2D eigenvalue weighted by molar-refractivity contribution is 8.93. The molecule has 1 aliphatic carbocycles. The Kier molecular flexibility index (Phi) is 6.51. The van der Waals surface area contributed by atoms with Gasteiger partial charge in [0.2, 0.25) is 0 Å². The van der Waals surface area contributed by atoms with Crippen molar-refractivity contribution in [1.29, 1.82) is 0 Å². The van der Waals surface area contributed by atoms with Gasteiger partial charge in [0.1, 0.15) is 11.6 Å². The zero-order valence-electron chi connectivity index (χ0n) is 15.5. The van der Waals surface area contributed by atoms with E-state index in [1.165, 1.54) is 18.2 Å². The SMILES string of the molecule is Br.CCC1C=CC=CC1(C1=CCN(C(C)C)C=C1)c1cc(F)ccc1O. The van der Waals surface area contributed by atoms with Gasteiger partial charge in [-0.1, -0.05) is 37.3 Å². The normalized spacial score (nSPS) is 24.6. The molecule has 2 atom stereocenters. The number of rotatable bonds is 4. The molecule has 1 heterocycles. The first-order valence-electron chi connectivity index (χ1n) is 8.98. The molecule has 1 aliphatic heterocycles. The van der Waals surface area contributed by atoms with E-state index in [0.717, 1.165) is 18.5 Å². The summed E-state index contributed by atoms with van der Waals surface area (Å²) in [6.07, 6.45) is 15.6. The number of phenols is 1. The van der Waals surface area contributed by atoms with Crippen LogP contribution in [0, 0.1) is 11.7 Å². The Morgan fingerprint density at radius 3 is 2.69 bits per heavy atom. The third kappa shape index (κ3) is 3.52. The molecule has 2 unspecified atom stereocenters. The first-order chi connectivity index (χ1) is 12.0. The van der Waals surface area contributed by atoms with Crippen LogP contribution in [0.25, 0.3) is 0 Å². The summed E-state index contributed by atoms with van der Waals surface area (Å²) in [6.45, 7) is 7.27. The molecule has 0 fully saturated rings. The van der Waals surface area contributed by atoms with Gasteiger partial charge in [0, 0.05) is 23.6 Å². The van der Waals surface area contributed by atoms with E-state index in [1.807, 2.05) is 12.2 Å². The number of phenolic OH excluding ortho intramolecular Hbond substituents is 1. The van der Waals surface area contributed by atoms with Crippen LogP contribution in [0.4, 0.5) is 4.39 Å². The average Bonchev–Trinajstić information content (AvgIpc) is 2.63. The minimum Gasteiger partial charge on any atom is -0.508 e. The van der Waals surface area contributed by atoms with Crippen molar-refractivity contribution in [2.45, 2.75) is 38.6 Å². The topological polar surface area (TPSA) is 23.5 Å². The van der Waals surface area contributed by atoms with E-state index in [9.17, 15) is 9.50 Å². The maximum Gasteiger partial charge on any atom is 0.123 e. The third-order valence-electron chi connectivity index (χ3n) is 5.35. The van der Waals surface area contributed by atoms with Crippen LogP contribution in [0.1, 0.15) is 32.8 Å². The van der Waals surface area contributed by atoms with Crippen LogP contribution in [0.5, 0.6) is 5.75 Å². The number of aromatic hydroxyl groups is 1. The van der Waals surface area contributed by atoms with Crippen molar-refractivity contribution < 1.29 is 9.50 Å². The van der Waals surface area contributed by atoms with Gasteiger partial charge in [-0.15, -0.1) is 17.0 Å². The molecule has 1 aromatic rings. The monoisotopic (exact) mass is 419 g/mol. The number of nitrogens with zero attached hydrogens (tertiary/aromatic N) is 1. The van der Waals surface area contributed by atoms with E-state index in [2.05, 4.69) is 56.2 Å². The van der Waals surface area contributed by atoms with Crippen LogP contribution in [0.2, 0.25) is 0 Å². The second-order valence-electron chi connectivity index (χ2n) is 7.05. The molecule has 0 bridgehead atoms. The first-order valence-corrected chi connectivity index (χ1v) is 8.98. The summed E-state index contributed by atoms with van der Waals surface area (Å²) >= 11 is 0. The minimum absolute atomic E-state index is 0. The van der Waals surface area contributed by atoms with Crippen molar-refractivity contribution in [3.8, 4) is 5.75 Å². The van der Waals surface area contributed by atoms with E-state index in [-0.39, 0.29) is 34.5 Å². The van der Waals surface area contributed by atoms with Crippen LogP contribution in [0.15, 0.2) is 66.4 Å². The number of halogens is 2. The predicted molar refractivity (Wildman–Crippen MR) is 111 cm³/mol. The zero-order valence-corrected chi connectivity index (χ0v) is 17.2. The standard InChI is InChI=1S/C22H26FNO.BrH/c1-4-17-7-5-6-12-22(17,20-15-19(23)8-9-21(20)25)18-10-13-24(14-11-18)16(2)3;/h5-13,15-17,25H,4,14H2,1-3H3;1H. The summed E-state index contributed by atoms with van der Waals surface area (Å²) < 4.78 is 14.0. The lowest BCUT2D eigenvalue weighted by molar-refractivity contribution is 0.331. The van der Waals surface area contributed by atoms with E-state index < -0.39 is 5.41 Å². The molecule has 26 heavy (non-hydrogen) atoms. The third-order valence-corrected chi connectivity index (χ3v) is 5.35. The quantitative estimate of drug-likeness (QED) is 0.679. The summed E-state index contributed by atoms with van der Waals surface area (Å²) in [5.74, 6) is -0.0266. The van der Waals surface area contributed by atoms with Crippen molar-refractivity contribution in [3.63, 3.8) is 0 Å². The van der Waals surface area contributed by atoms with Gasteiger partial charge >= 0.3 is 0 Å². The van der Waals surface area contributed by atoms with Gasteiger partial charge in [-0.3, -0.25) is 0 Å². The Morgan fingerprint density at radius 1 is 1.31 bits per heavy atom. The van der Waals surface area contributed by atoms with Crippen molar-refractivity contribution in [1.82, 2.24) is 4.90 Å². The number of hydrogen-bond acceptors (Lipinski definition) is 2. The highest BCUT2D eigenvalue weighted by Crippen LogP contribution is 2.49. The largest absolute Gasteiger partial charge is 0.508 e. The summed E-state index contributed by atoms with van der Waals surface area (Å²) in [4.78, 5) is 2.26. The Labute approximate surface area is 166 Å². The van der Waals surface area contributed by atoms with Gasteiger partial charge in [0.05, 0.1) is 0 Å². The molecule has 4 heteroatoms. The highest BCUT2D eigenvalue weighted by Gasteiger charge is 2.42. The van der Waals surface area contributed by atoms with Gasteiger partial charge < -0.3 is 10.0 Å². The Morgan fingerprint density at radius 2 is 2.08 bits per heavy atom. The molecular formula is C22H27BrFNO. The van der Waals surface area contributed by atoms with Gasteiger partial charge in [-0.05, 0) is 62.2 Å². The lowest BCUT2D eigenvalue weighted by Gasteiger charge is -2.42. The molecule has 0 radical (unpaired) electrons. The van der Waals surface area contributed by atoms with Crippen LogP contribution < -0.4 is 0 Å². The molecule has 3 rings (SSSR count). The summed E-state index contributed by atoms with van der Waals surface area (Å²) in [6, 6.07) is 4.67. The van der Waals surface area contributed by atoms with Crippen LogP contribution in [-0.4, -0.2) is 22.6 Å². The van der Waals surface area contributed by atoms with Gasteiger partial charge in [0.15, 0.2) is 0 Å². The molecule has 0 amide bonds. The van der Waals surface area contributed by atoms with Gasteiger partial charge in [-0.25, -0.2) is 4.39 Å². The predicted octanol–water partition coefficient (Wildman–Crippen LogP) is 5.66. The van der Waals surface area contributed by atoms with Crippen molar-refractivity contribution >= 4 is 17.0 Å². The Bertz CT molecular complexity index is 765. The van der Waals surface area contributed by atoms with E-state index >= 15 is 0 Å². The zero-order chi connectivity index (χ0) is 18.0. The maximum absolute atomic E-state index is 14.0. The van der Waals surface area contributed by atoms with E-state index in [0.29, 0.717) is 11.6 Å². The summed E-state index contributed by atoms with van der Waals surface area (Å²) in [7, 11) is 0. The molecule has 1 aromatic carbocycles. The Balaban J connectivity index is 0.00000243. The fourth-order valence-corrected chi connectivity index (χ4v) is 3.93. The van der Waals surface area contributed by atoms with Crippen molar-refractivity contribution in [2.24, 2.45) is 5.92 Å². The molecule has 2 aliphatic rings. The molecule has 0 aromatic heterocycles. The lowest BCUT2D eigenvalue weighted by atomic mass is 9.62. The van der Waals surface area contributed by atoms with Crippen LogP contribution >= 0.6 is 17.0 Å². The Hall–Kier alpha value is -1.81. The second kappa shape index (κ2) is 8.26. The molecule has 2 nitrogen and oxygen atoms in total. The van der Waals surface area contributed by atoms with Crippen molar-refractivity contribution in [3.05, 3.63) is 77.8 Å². The maximum atomic E-state index is 14.0. The average molecular weight is 420 g/mol. The fraction of sp³-hybridized carbons (Fsp3) is 0.364. The summed E-state index contributed by atoms with van der Waals surface area (Å²) in [5.41, 5.74) is 1.20. The number of allylic oxidation sites excluding steroid dienone is 6.